The van der Waals surface area contributed by atoms with E-state index < -0.39 is 57.8 Å². The van der Waals surface area contributed by atoms with Gasteiger partial charge in [0.05, 0.1) is 25.3 Å². The molecule has 0 bridgehead atoms. The predicted octanol–water partition coefficient (Wildman–Crippen LogP) is 18.5. The number of Topliss-reactive ketones (excluding diaryl/α,β-unsaturated/α-hetero) is 1. The molecule has 612 valence electrons. The SMILES string of the molecule is C.COC(=O)[C@@]1(N)CC[C@@H](c2ccc(Br)cc2)C1.Cl.Cl.F.I.N#C[C@@]1(N)CC[C@@H](c2ccc(Br)cc2)C1.N#C[C@@]1(N)CC[C@@H](c2ccc(Br)cc2)C1.N#C[C@]1(N)CC[C@@H](c2ccc(Br)cc2)C1.N[C@]1(C(=O)O)CC[C@@H](c2ccc(Br)cc2)C1.O=C(O)[C@H](O)[C@@H](O)C(=O)O.O=C1C=CCC1.O=C1CC[C@@H](c2ccc(Br)cc2)C1.[HH]. The van der Waals surface area contributed by atoms with Crippen LogP contribution >= 0.6 is 144 Å². The number of aliphatic hydroxyl groups is 2. The molecule has 6 aromatic rings. The van der Waals surface area contributed by atoms with E-state index in [9.17, 15) is 28.8 Å². The molecule has 0 saturated heterocycles. The number of hydrogen-bond acceptors (Lipinski definition) is 17. The van der Waals surface area contributed by atoms with Gasteiger partial charge in [0, 0.05) is 47.5 Å². The van der Waals surface area contributed by atoms with Crippen molar-refractivity contribution in [3.8, 4) is 18.2 Å². The van der Waals surface area contributed by atoms with E-state index in [-0.39, 0.29) is 80.0 Å². The fourth-order valence-electron chi connectivity index (χ4n) is 14.0. The second kappa shape index (κ2) is 49.6. The summed E-state index contributed by atoms with van der Waals surface area (Å²) >= 11 is 20.4. The summed E-state index contributed by atoms with van der Waals surface area (Å²) < 4.78 is 11.2. The van der Waals surface area contributed by atoms with E-state index in [2.05, 4.69) is 174 Å². The maximum atomic E-state index is 11.6. The summed E-state index contributed by atoms with van der Waals surface area (Å²) in [7, 11) is 1.39. The van der Waals surface area contributed by atoms with Gasteiger partial charge in [-0.2, -0.15) is 15.8 Å². The normalized spacial score (nSPS) is 25.6. The van der Waals surface area contributed by atoms with Gasteiger partial charge < -0.3 is 58.9 Å². The van der Waals surface area contributed by atoms with Gasteiger partial charge in [-0.15, -0.1) is 48.8 Å². The molecule has 7 aliphatic carbocycles. The Labute approximate surface area is 737 Å². The Balaban J connectivity index is 0.00000127. The van der Waals surface area contributed by atoms with Gasteiger partial charge in [-0.3, -0.25) is 23.9 Å². The zero-order valence-corrected chi connectivity index (χ0v) is 74.5. The van der Waals surface area contributed by atoms with E-state index in [4.69, 9.17) is 74.7 Å². The van der Waals surface area contributed by atoms with Crippen molar-refractivity contribution in [3.05, 3.63) is 218 Å². The number of nitriles is 3. The second-order valence-electron chi connectivity index (χ2n) is 28.4. The topological polar surface area (TPSA) is 414 Å². The maximum absolute atomic E-state index is 11.6. The molecule has 0 aromatic heterocycles. The van der Waals surface area contributed by atoms with E-state index in [1.165, 1.54) is 40.5 Å². The van der Waals surface area contributed by atoms with Crippen molar-refractivity contribution < 1.29 is 65.2 Å². The van der Waals surface area contributed by atoms with Crippen molar-refractivity contribution in [2.45, 2.75) is 211 Å². The number of methoxy groups -OCH3 is 1. The Hall–Kier alpha value is -5.41. The van der Waals surface area contributed by atoms with Crippen LogP contribution in [0.2, 0.25) is 0 Å². The fourth-order valence-corrected chi connectivity index (χ4v) is 15.6. The van der Waals surface area contributed by atoms with E-state index >= 15 is 0 Å². The fraction of sp³-hybridized carbons (Fsp3) is 0.427. The largest absolute Gasteiger partial charge is 0.480 e. The first-order valence-electron chi connectivity index (χ1n) is 35.1. The van der Waals surface area contributed by atoms with Crippen molar-refractivity contribution in [1.82, 2.24) is 0 Å². The van der Waals surface area contributed by atoms with Crippen LogP contribution in [0.3, 0.4) is 0 Å². The minimum Gasteiger partial charge on any atom is -0.480 e. The van der Waals surface area contributed by atoms with Crippen LogP contribution in [0.25, 0.3) is 0 Å². The van der Waals surface area contributed by atoms with Gasteiger partial charge in [0.25, 0.3) is 0 Å². The molecule has 13 atom stereocenters. The quantitative estimate of drug-likeness (QED) is 0.0425. The first-order chi connectivity index (χ1) is 50.6. The molecule has 7 aliphatic rings. The summed E-state index contributed by atoms with van der Waals surface area (Å²) in [6.45, 7) is 0. The highest BCUT2D eigenvalue weighted by molar-refractivity contribution is 14.0. The Kier molecular flexibility index (Phi) is 46.3. The highest BCUT2D eigenvalue weighted by Crippen LogP contribution is 2.44. The summed E-state index contributed by atoms with van der Waals surface area (Å²) in [5, 5.41) is 68.4. The van der Waals surface area contributed by atoms with Gasteiger partial charge in [0.1, 0.15) is 33.5 Å². The predicted molar refractivity (Wildman–Crippen MR) is 472 cm³/mol. The van der Waals surface area contributed by atoms with Gasteiger partial charge in [-0.25, -0.2) is 9.59 Å². The van der Waals surface area contributed by atoms with Crippen molar-refractivity contribution in [2.75, 3.05) is 7.11 Å². The monoisotopic (exact) mass is 2080 g/mol. The Morgan fingerprint density at radius 3 is 0.902 bits per heavy atom. The number of esters is 1. The number of benzene rings is 6. The summed E-state index contributed by atoms with van der Waals surface area (Å²) in [5.41, 5.74) is 33.7. The third kappa shape index (κ3) is 32.9. The lowest BCUT2D eigenvalue weighted by molar-refractivity contribution is -0.165. The number of halogens is 10. The Morgan fingerprint density at radius 2 is 0.705 bits per heavy atom. The number of nitrogens with zero attached hydrogens (tertiary/aromatic N) is 3. The smallest absolute Gasteiger partial charge is 0.335 e. The minimum atomic E-state index is -2.27. The Morgan fingerprint density at radius 1 is 0.446 bits per heavy atom. The third-order valence-corrected chi connectivity index (χ3v) is 23.6. The second-order valence-corrected chi connectivity index (χ2v) is 33.9. The molecule has 6 fully saturated rings. The van der Waals surface area contributed by atoms with Gasteiger partial charge in [0.15, 0.2) is 18.0 Å². The molecular formula is C82H102Br6Cl2FIN8O12. The zero-order chi connectivity index (χ0) is 78.9. The molecule has 0 unspecified atom stereocenters. The van der Waals surface area contributed by atoms with Crippen LogP contribution in [0.5, 0.6) is 0 Å². The standard InChI is InChI=1S/C13H16BrNO2.3C12H13BrN2.C12H14BrNO2.C11H11BrO.C5H6O.C4H6O6.CH4.2ClH.FH.HI.H2/c1-17-12(16)13(15)7-6-10(8-13)9-2-4-11(14)5-3-9;3*13-11-3-1-9(2-4-11)10-5-6-12(15,7-10)8-14;13-10-3-1-8(2-4-10)9-5-6-12(14,7-9)11(15)16;12-10-4-1-8(2-5-10)9-3-6-11(13)7-9;6-5-3-1-2-4-5;5-1(3(7)8)2(6)4(9)10;;;;;;/h2-5,10H,6-8,15H2,1H3;3*1-4,10H,5-7,15H2;1-4,9H,5-7,14H2,(H,15,16);1-2,4-5,9H,3,6-7H2;1,3H,2,4H2;1-2,5-6H,(H,7,8)(H,9,10);1H4;5*1H/t10-,13-;10-,12+;2*10-,12-;9-,12-;9-;;1-,2-;;;;;;/m111111.1....../s1. The third-order valence-electron chi connectivity index (χ3n) is 20.4. The lowest BCUT2D eigenvalue weighted by Crippen LogP contribution is -2.46. The molecule has 6 aromatic carbocycles. The number of carbonyl (C=O) groups excluding carboxylic acids is 3. The van der Waals surface area contributed by atoms with Crippen LogP contribution in [-0.2, 0) is 33.5 Å². The van der Waals surface area contributed by atoms with Crippen molar-refractivity contribution in [3.63, 3.8) is 0 Å². The van der Waals surface area contributed by atoms with Gasteiger partial charge in [-0.05, 0) is 257 Å². The van der Waals surface area contributed by atoms with Crippen LogP contribution in [-0.4, -0.2) is 108 Å². The molecule has 112 heavy (non-hydrogen) atoms. The van der Waals surface area contributed by atoms with Crippen LogP contribution in [0.1, 0.15) is 206 Å². The molecule has 0 aliphatic heterocycles. The highest BCUT2D eigenvalue weighted by Gasteiger charge is 2.45. The van der Waals surface area contributed by atoms with Gasteiger partial charge >= 0.3 is 23.9 Å². The molecule has 0 radical (unpaired) electrons. The number of carbonyl (C=O) groups is 6. The van der Waals surface area contributed by atoms with Crippen molar-refractivity contribution in [1.29, 1.82) is 15.8 Å². The Bertz CT molecular complexity index is 3960. The van der Waals surface area contributed by atoms with E-state index in [1.807, 2.05) is 91.0 Å². The average molecular weight is 2090 g/mol. The summed E-state index contributed by atoms with van der Waals surface area (Å²) in [4.78, 5) is 63.4. The maximum Gasteiger partial charge on any atom is 0.335 e. The number of hydrogen-bond donors (Lipinski definition) is 10. The van der Waals surface area contributed by atoms with Crippen molar-refractivity contribution in [2.24, 2.45) is 28.7 Å². The van der Waals surface area contributed by atoms with Gasteiger partial charge in [0.2, 0.25) is 0 Å². The van der Waals surface area contributed by atoms with E-state index in [1.54, 1.807) is 6.08 Å². The van der Waals surface area contributed by atoms with E-state index in [0.29, 0.717) is 61.1 Å². The average Bonchev–Trinajstić information content (AvgIpc) is 1.57. The molecule has 0 amide bonds. The molecule has 13 rings (SSSR count). The number of ether oxygens (including phenoxy) is 1. The van der Waals surface area contributed by atoms with Crippen LogP contribution in [0, 0.1) is 34.0 Å². The summed E-state index contributed by atoms with van der Waals surface area (Å²) in [6.07, 6.45) is 15.3. The summed E-state index contributed by atoms with van der Waals surface area (Å²) in [5.74, 6) is -1.59. The number of carboxylic acid groups (broad SMARTS) is 3. The molecule has 15 N–H and O–H groups in total. The van der Waals surface area contributed by atoms with Crippen LogP contribution in [0.15, 0.2) is 185 Å². The van der Waals surface area contributed by atoms with Crippen LogP contribution in [0.4, 0.5) is 4.70 Å². The van der Waals surface area contributed by atoms with E-state index in [0.717, 1.165) is 130 Å². The van der Waals surface area contributed by atoms with Crippen LogP contribution < -0.4 is 28.7 Å². The molecular weight excluding hydrogens is 1990 g/mol. The molecule has 0 spiro atoms. The number of aliphatic hydroxyl groups excluding tert-OH is 2. The molecule has 20 nitrogen and oxygen atoms in total. The highest BCUT2D eigenvalue weighted by atomic mass is 127. The zero-order valence-electron chi connectivity index (χ0n) is 61.0. The molecule has 6 saturated carbocycles. The van der Waals surface area contributed by atoms with Crippen molar-refractivity contribution >= 4 is 180 Å². The number of aliphatic carboxylic acids is 3. The number of rotatable bonds is 11. The molecule has 30 heteroatoms. The number of carboxylic acids is 3. The number of allylic oxidation sites excluding steroid dienone is 2. The molecule has 0 heterocycles. The minimum absolute atomic E-state index is 0. The van der Waals surface area contributed by atoms with Gasteiger partial charge in [-0.1, -0.05) is 182 Å². The number of ketones is 2. The lowest BCUT2D eigenvalue weighted by Gasteiger charge is -2.20. The first-order valence-corrected chi connectivity index (χ1v) is 39.9. The lowest BCUT2D eigenvalue weighted by atomic mass is 9.93. The first kappa shape index (κ1) is 105. The summed E-state index contributed by atoms with van der Waals surface area (Å²) in [6, 6.07) is 56.1. The number of nitrogens with two attached hydrogens (primary N) is 5.